The molecule has 0 unspecified atom stereocenters. The molecule has 0 radical (unpaired) electrons. The Labute approximate surface area is 119 Å². The third kappa shape index (κ3) is 2.55. The van der Waals surface area contributed by atoms with Crippen molar-refractivity contribution in [2.24, 2.45) is 10.8 Å². The number of halogens is 3. The number of carbonyl (C=O) groups excluding carboxylic acids is 1. The second-order valence-electron chi connectivity index (χ2n) is 7.09. The predicted molar refractivity (Wildman–Crippen MR) is 65.6 cm³/mol. The van der Waals surface area contributed by atoms with Crippen molar-refractivity contribution in [3.05, 3.63) is 0 Å². The highest BCUT2D eigenvalue weighted by atomic mass is 19.4. The van der Waals surface area contributed by atoms with Gasteiger partial charge in [0.2, 0.25) is 0 Å². The number of aliphatic carboxylic acids is 1. The summed E-state index contributed by atoms with van der Waals surface area (Å²) in [5, 5.41) is 11.4. The molecular formula is C13H18F3NO4. The van der Waals surface area contributed by atoms with Gasteiger partial charge in [-0.3, -0.25) is 0 Å². The van der Waals surface area contributed by atoms with Crippen LogP contribution in [0.2, 0.25) is 0 Å². The van der Waals surface area contributed by atoms with Crippen molar-refractivity contribution in [3.8, 4) is 0 Å². The molecule has 1 atom stereocenters. The van der Waals surface area contributed by atoms with E-state index < -0.39 is 40.7 Å². The molecule has 2 N–H and O–H groups in total. The number of carboxylic acid groups (broad SMARTS) is 1. The highest BCUT2D eigenvalue weighted by Crippen LogP contribution is 2.79. The molecule has 0 saturated heterocycles. The zero-order valence-corrected chi connectivity index (χ0v) is 12.0. The van der Waals surface area contributed by atoms with Crippen LogP contribution in [0.15, 0.2) is 0 Å². The van der Waals surface area contributed by atoms with Gasteiger partial charge in [0.15, 0.2) is 0 Å². The Morgan fingerprint density at radius 3 is 2.00 bits per heavy atom. The van der Waals surface area contributed by atoms with Crippen LogP contribution in [0, 0.1) is 10.8 Å². The first kappa shape index (κ1) is 15.9. The van der Waals surface area contributed by atoms with Crippen molar-refractivity contribution in [2.45, 2.75) is 57.9 Å². The maximum absolute atomic E-state index is 12.8. The molecule has 2 bridgehead atoms. The lowest BCUT2D eigenvalue weighted by atomic mass is 9.33. The summed E-state index contributed by atoms with van der Waals surface area (Å²) in [6.45, 7) is 4.84. The largest absolute Gasteiger partial charge is 0.480 e. The fourth-order valence-corrected chi connectivity index (χ4v) is 3.38. The summed E-state index contributed by atoms with van der Waals surface area (Å²) in [5.41, 5.74) is -3.56. The van der Waals surface area contributed by atoms with E-state index in [2.05, 4.69) is 5.32 Å². The molecule has 8 heteroatoms. The third-order valence-corrected chi connectivity index (χ3v) is 4.19. The monoisotopic (exact) mass is 309 g/mol. The smallest absolute Gasteiger partial charge is 0.408 e. The lowest BCUT2D eigenvalue weighted by Crippen LogP contribution is -2.75. The number of nitrogens with one attached hydrogen (secondary N) is 1. The minimum Gasteiger partial charge on any atom is -0.480 e. The van der Waals surface area contributed by atoms with Crippen LogP contribution in [0.5, 0.6) is 0 Å². The molecule has 21 heavy (non-hydrogen) atoms. The zero-order valence-electron chi connectivity index (χ0n) is 12.0. The normalized spacial score (nSPS) is 32.5. The number of hydrogen-bond donors (Lipinski definition) is 2. The van der Waals surface area contributed by atoms with E-state index in [9.17, 15) is 27.9 Å². The van der Waals surface area contributed by atoms with Gasteiger partial charge in [0, 0.05) is 5.41 Å². The van der Waals surface area contributed by atoms with E-state index in [1.807, 2.05) is 0 Å². The van der Waals surface area contributed by atoms with Crippen LogP contribution in [0.25, 0.3) is 0 Å². The number of amides is 1. The molecule has 0 aromatic carbocycles. The highest BCUT2D eigenvalue weighted by molar-refractivity contribution is 5.81. The van der Waals surface area contributed by atoms with Crippen molar-refractivity contribution in [1.29, 1.82) is 0 Å². The van der Waals surface area contributed by atoms with Crippen LogP contribution >= 0.6 is 0 Å². The average molecular weight is 309 g/mol. The SMILES string of the molecule is CC(C)(C)OC(=O)N[C@H](C(=O)O)C12CC(C(F)(F)F)(C1)C2. The summed E-state index contributed by atoms with van der Waals surface area (Å²) < 4.78 is 43.3. The maximum Gasteiger partial charge on any atom is 0.408 e. The Hall–Kier alpha value is -1.47. The van der Waals surface area contributed by atoms with Crippen molar-refractivity contribution in [2.75, 3.05) is 0 Å². The number of rotatable bonds is 3. The zero-order chi connectivity index (χ0) is 16.3. The summed E-state index contributed by atoms with van der Waals surface area (Å²) in [4.78, 5) is 22.9. The molecule has 0 aliphatic heterocycles. The number of carboxylic acids is 1. The minimum absolute atomic E-state index is 0.254. The van der Waals surface area contributed by atoms with E-state index in [1.54, 1.807) is 20.8 Å². The molecule has 0 aromatic rings. The van der Waals surface area contributed by atoms with Crippen molar-refractivity contribution in [1.82, 2.24) is 5.32 Å². The quantitative estimate of drug-likeness (QED) is 0.840. The van der Waals surface area contributed by atoms with Gasteiger partial charge >= 0.3 is 18.2 Å². The van der Waals surface area contributed by atoms with Gasteiger partial charge in [-0.15, -0.1) is 0 Å². The van der Waals surface area contributed by atoms with Crippen LogP contribution in [0.1, 0.15) is 40.0 Å². The second-order valence-corrected chi connectivity index (χ2v) is 7.09. The van der Waals surface area contributed by atoms with Crippen LogP contribution in [0.4, 0.5) is 18.0 Å². The van der Waals surface area contributed by atoms with Gasteiger partial charge in [-0.25, -0.2) is 9.59 Å². The molecule has 3 fully saturated rings. The van der Waals surface area contributed by atoms with E-state index in [4.69, 9.17) is 4.74 Å². The van der Waals surface area contributed by atoms with Crippen LogP contribution in [0.3, 0.4) is 0 Å². The molecule has 5 nitrogen and oxygen atoms in total. The molecule has 3 aliphatic rings. The van der Waals surface area contributed by atoms with E-state index in [1.165, 1.54) is 0 Å². The lowest BCUT2D eigenvalue weighted by Gasteiger charge is -2.71. The molecule has 3 saturated carbocycles. The molecule has 120 valence electrons. The molecule has 1 amide bonds. The summed E-state index contributed by atoms with van der Waals surface area (Å²) in [6, 6.07) is -1.35. The van der Waals surface area contributed by atoms with Gasteiger partial charge in [0.05, 0.1) is 5.41 Å². The fraction of sp³-hybridized carbons (Fsp3) is 0.846. The Morgan fingerprint density at radius 2 is 1.67 bits per heavy atom. The standard InChI is InChI=1S/C13H18F3NO4/c1-10(2,3)21-9(20)17-7(8(18)19)11-4-12(5-11,6-11)13(14,15)16/h7H,4-6H2,1-3H3,(H,17,20)(H,18,19)/t7-,11?,12?/m1/s1. The number of ether oxygens (including phenoxy) is 1. The lowest BCUT2D eigenvalue weighted by molar-refractivity contribution is -0.367. The molecule has 0 spiro atoms. The topological polar surface area (TPSA) is 75.6 Å². The summed E-state index contributed by atoms with van der Waals surface area (Å²) in [6.07, 6.45) is -6.01. The first-order valence-corrected chi connectivity index (χ1v) is 6.59. The van der Waals surface area contributed by atoms with Gasteiger partial charge in [-0.2, -0.15) is 13.2 Å². The van der Waals surface area contributed by atoms with E-state index in [0.717, 1.165) is 0 Å². The van der Waals surface area contributed by atoms with Gasteiger partial charge in [0.1, 0.15) is 11.6 Å². The van der Waals surface area contributed by atoms with Crippen molar-refractivity contribution >= 4 is 12.1 Å². The predicted octanol–water partition coefficient (Wildman–Crippen LogP) is 2.70. The second kappa shape index (κ2) is 4.27. The van der Waals surface area contributed by atoms with E-state index >= 15 is 0 Å². The van der Waals surface area contributed by atoms with Crippen LogP contribution < -0.4 is 5.32 Å². The Morgan fingerprint density at radius 1 is 1.19 bits per heavy atom. The molecule has 0 aromatic heterocycles. The molecule has 0 heterocycles. The first-order chi connectivity index (χ1) is 9.30. The van der Waals surface area contributed by atoms with Gasteiger partial charge in [-0.1, -0.05) is 0 Å². The highest BCUT2D eigenvalue weighted by Gasteiger charge is 2.81. The van der Waals surface area contributed by atoms with Gasteiger partial charge in [0.25, 0.3) is 0 Å². The van der Waals surface area contributed by atoms with Gasteiger partial charge in [-0.05, 0) is 40.0 Å². The third-order valence-electron chi connectivity index (χ3n) is 4.19. The van der Waals surface area contributed by atoms with Crippen molar-refractivity contribution in [3.63, 3.8) is 0 Å². The van der Waals surface area contributed by atoms with E-state index in [-0.39, 0.29) is 19.3 Å². The number of alkyl carbamates (subject to hydrolysis) is 1. The molecule has 3 aliphatic carbocycles. The number of hydrogen-bond acceptors (Lipinski definition) is 3. The number of alkyl halides is 3. The van der Waals surface area contributed by atoms with E-state index in [0.29, 0.717) is 0 Å². The minimum atomic E-state index is -4.32. The Bertz CT molecular complexity index is 461. The van der Waals surface area contributed by atoms with Gasteiger partial charge < -0.3 is 15.2 Å². The number of carbonyl (C=O) groups is 2. The fourth-order valence-electron chi connectivity index (χ4n) is 3.38. The molecule has 3 rings (SSSR count). The Kier molecular flexibility index (Phi) is 3.23. The van der Waals surface area contributed by atoms with Crippen LogP contribution in [-0.2, 0) is 9.53 Å². The average Bonchev–Trinajstić information content (AvgIpc) is 2.05. The maximum atomic E-state index is 12.8. The van der Waals surface area contributed by atoms with Crippen molar-refractivity contribution < 1.29 is 32.6 Å². The summed E-state index contributed by atoms with van der Waals surface area (Å²) >= 11 is 0. The van der Waals surface area contributed by atoms with Crippen LogP contribution in [-0.4, -0.2) is 35.0 Å². The Balaban J connectivity index is 2.01. The first-order valence-electron chi connectivity index (χ1n) is 6.59. The summed E-state index contributed by atoms with van der Waals surface area (Å²) in [5.74, 6) is -1.34. The summed E-state index contributed by atoms with van der Waals surface area (Å²) in [7, 11) is 0. The molecular weight excluding hydrogens is 291 g/mol.